The first-order chi connectivity index (χ1) is 21.3. The van der Waals surface area contributed by atoms with Crippen molar-refractivity contribution >= 4 is 34.8 Å². The molecule has 7 rings (SSSR count). The SMILES string of the molecule is COc1ccc([C@@H]2[C@@H](C(=O)c3cccc([N+](=O)[O-])c3)N3c4ccccc4C=C[C@@H]3C23C(=O)c2ccccc2C3=O)cc1OC. The van der Waals surface area contributed by atoms with Gasteiger partial charge in [-0.15, -0.1) is 0 Å². The van der Waals surface area contributed by atoms with E-state index in [1.165, 1.54) is 38.5 Å². The number of nitrogens with zero attached hydrogens (tertiary/aromatic N) is 2. The largest absolute Gasteiger partial charge is 0.493 e. The first-order valence-electron chi connectivity index (χ1n) is 14.1. The molecule has 0 unspecified atom stereocenters. The molecule has 2 heterocycles. The summed E-state index contributed by atoms with van der Waals surface area (Å²) in [6.45, 7) is 0. The number of ether oxygens (including phenoxy) is 2. The molecule has 0 radical (unpaired) electrons. The van der Waals surface area contributed by atoms with Gasteiger partial charge in [0.1, 0.15) is 11.5 Å². The molecule has 218 valence electrons. The molecule has 1 aliphatic carbocycles. The standard InChI is InChI=1S/C35H26N2O7/c1-43-27-16-14-21(19-28(27)44-2)30-31(32(38)22-9-7-10-23(18-22)37(41)42)36-26-13-6-3-8-20(26)15-17-29(36)35(30)33(39)24-11-4-5-12-25(24)34(35)40/h3-19,29-31H,1-2H3/t29-,30-,31+/m1/s1. The van der Waals surface area contributed by atoms with Crippen molar-refractivity contribution in [1.82, 2.24) is 0 Å². The lowest BCUT2D eigenvalue weighted by Gasteiger charge is -2.37. The van der Waals surface area contributed by atoms with Gasteiger partial charge in [0, 0.05) is 40.4 Å². The van der Waals surface area contributed by atoms with Gasteiger partial charge in [-0.1, -0.05) is 72.8 Å². The molecule has 0 saturated carbocycles. The van der Waals surface area contributed by atoms with Crippen molar-refractivity contribution < 1.29 is 28.8 Å². The summed E-state index contributed by atoms with van der Waals surface area (Å²) in [6.07, 6.45) is 3.71. The number of anilines is 1. The molecule has 9 nitrogen and oxygen atoms in total. The monoisotopic (exact) mass is 586 g/mol. The topological polar surface area (TPSA) is 116 Å². The fourth-order valence-electron chi connectivity index (χ4n) is 7.28. The van der Waals surface area contributed by atoms with E-state index in [4.69, 9.17) is 9.47 Å². The molecule has 4 aromatic rings. The number of hydrogen-bond donors (Lipinski definition) is 0. The van der Waals surface area contributed by atoms with Crippen LogP contribution in [0, 0.1) is 15.5 Å². The second kappa shape index (κ2) is 10.0. The molecular weight excluding hydrogens is 560 g/mol. The van der Waals surface area contributed by atoms with Crippen molar-refractivity contribution in [2.75, 3.05) is 19.1 Å². The van der Waals surface area contributed by atoms with Crippen LogP contribution in [0.3, 0.4) is 0 Å². The van der Waals surface area contributed by atoms with E-state index in [0.717, 1.165) is 5.56 Å². The Balaban J connectivity index is 1.55. The summed E-state index contributed by atoms with van der Waals surface area (Å²) >= 11 is 0. The van der Waals surface area contributed by atoms with E-state index >= 15 is 0 Å². The molecule has 1 fully saturated rings. The van der Waals surface area contributed by atoms with Gasteiger partial charge in [-0.2, -0.15) is 0 Å². The molecule has 0 amide bonds. The molecule has 1 spiro atoms. The summed E-state index contributed by atoms with van der Waals surface area (Å²) in [7, 11) is 2.99. The average Bonchev–Trinajstić information content (AvgIpc) is 3.50. The minimum Gasteiger partial charge on any atom is -0.493 e. The molecule has 2 aliphatic heterocycles. The summed E-state index contributed by atoms with van der Waals surface area (Å²) in [4.78, 5) is 57.3. The lowest BCUT2D eigenvalue weighted by Crippen LogP contribution is -2.48. The summed E-state index contributed by atoms with van der Waals surface area (Å²) in [5, 5.41) is 11.7. The van der Waals surface area contributed by atoms with Crippen LogP contribution in [0.1, 0.15) is 48.1 Å². The van der Waals surface area contributed by atoms with Gasteiger partial charge in [0.25, 0.3) is 5.69 Å². The van der Waals surface area contributed by atoms with Crippen LogP contribution in [-0.4, -0.2) is 48.6 Å². The Labute approximate surface area is 252 Å². The first kappa shape index (κ1) is 27.3. The summed E-state index contributed by atoms with van der Waals surface area (Å²) in [5.41, 5.74) is 0.796. The van der Waals surface area contributed by atoms with E-state index in [9.17, 15) is 24.5 Å². The van der Waals surface area contributed by atoms with Gasteiger partial charge in [-0.25, -0.2) is 0 Å². The van der Waals surface area contributed by atoms with E-state index in [2.05, 4.69) is 0 Å². The van der Waals surface area contributed by atoms with Crippen molar-refractivity contribution in [3.05, 3.63) is 135 Å². The van der Waals surface area contributed by atoms with E-state index in [1.807, 2.05) is 41.3 Å². The first-order valence-corrected chi connectivity index (χ1v) is 14.1. The Kier molecular flexibility index (Phi) is 6.21. The van der Waals surface area contributed by atoms with E-state index in [1.54, 1.807) is 42.5 Å². The predicted octanol–water partition coefficient (Wildman–Crippen LogP) is 5.93. The molecule has 3 aliphatic rings. The number of carbonyl (C=O) groups is 3. The molecule has 0 aromatic heterocycles. The predicted molar refractivity (Wildman–Crippen MR) is 163 cm³/mol. The molecule has 9 heteroatoms. The Morgan fingerprint density at radius 3 is 2.20 bits per heavy atom. The maximum absolute atomic E-state index is 14.8. The number of ketones is 3. The highest BCUT2D eigenvalue weighted by molar-refractivity contribution is 6.32. The number of hydrogen-bond acceptors (Lipinski definition) is 8. The average molecular weight is 587 g/mol. The third-order valence-electron chi connectivity index (χ3n) is 9.09. The van der Waals surface area contributed by atoms with E-state index in [0.29, 0.717) is 33.9 Å². The summed E-state index contributed by atoms with van der Waals surface area (Å²) in [5.74, 6) is -1.37. The van der Waals surface area contributed by atoms with Crippen LogP contribution in [0.2, 0.25) is 0 Å². The van der Waals surface area contributed by atoms with Crippen LogP contribution in [0.15, 0.2) is 97.1 Å². The Morgan fingerprint density at radius 2 is 1.52 bits per heavy atom. The van der Waals surface area contributed by atoms with Gasteiger partial charge in [0.15, 0.2) is 28.8 Å². The van der Waals surface area contributed by atoms with Gasteiger partial charge >= 0.3 is 0 Å². The van der Waals surface area contributed by atoms with E-state index < -0.39 is 34.1 Å². The van der Waals surface area contributed by atoms with Crippen molar-refractivity contribution in [1.29, 1.82) is 0 Å². The Hall–Kier alpha value is -5.57. The van der Waals surface area contributed by atoms with Crippen LogP contribution < -0.4 is 14.4 Å². The van der Waals surface area contributed by atoms with Crippen LogP contribution in [0.25, 0.3) is 6.08 Å². The fourth-order valence-corrected chi connectivity index (χ4v) is 7.28. The van der Waals surface area contributed by atoms with Crippen LogP contribution in [0.5, 0.6) is 11.5 Å². The van der Waals surface area contributed by atoms with Crippen molar-refractivity contribution in [2.45, 2.75) is 18.0 Å². The van der Waals surface area contributed by atoms with Crippen LogP contribution >= 0.6 is 0 Å². The lowest BCUT2D eigenvalue weighted by atomic mass is 9.64. The smallest absolute Gasteiger partial charge is 0.270 e. The number of methoxy groups -OCH3 is 2. The zero-order valence-corrected chi connectivity index (χ0v) is 23.8. The highest BCUT2D eigenvalue weighted by Crippen LogP contribution is 2.61. The van der Waals surface area contributed by atoms with Gasteiger partial charge in [-0.05, 0) is 29.3 Å². The highest BCUT2D eigenvalue weighted by Gasteiger charge is 2.71. The van der Waals surface area contributed by atoms with Crippen molar-refractivity contribution in [3.8, 4) is 11.5 Å². The molecule has 1 saturated heterocycles. The fraction of sp³-hybridized carbons (Fsp3) is 0.171. The number of rotatable bonds is 6. The van der Waals surface area contributed by atoms with Gasteiger partial charge < -0.3 is 14.4 Å². The number of fused-ring (bicyclic) bond motifs is 5. The second-order valence-corrected chi connectivity index (χ2v) is 11.1. The summed E-state index contributed by atoms with van der Waals surface area (Å²) in [6, 6.07) is 23.0. The highest BCUT2D eigenvalue weighted by atomic mass is 16.6. The molecule has 44 heavy (non-hydrogen) atoms. The molecule has 0 bridgehead atoms. The Morgan fingerprint density at radius 1 is 0.841 bits per heavy atom. The minimum absolute atomic E-state index is 0.105. The van der Waals surface area contributed by atoms with E-state index in [-0.39, 0.29) is 22.8 Å². The number of carbonyl (C=O) groups excluding carboxylic acids is 3. The van der Waals surface area contributed by atoms with Crippen molar-refractivity contribution in [2.24, 2.45) is 5.41 Å². The molecule has 3 atom stereocenters. The summed E-state index contributed by atoms with van der Waals surface area (Å²) < 4.78 is 11.1. The van der Waals surface area contributed by atoms with Gasteiger partial charge in [0.05, 0.1) is 25.2 Å². The molecular formula is C35H26N2O7. The maximum Gasteiger partial charge on any atom is 0.270 e. The van der Waals surface area contributed by atoms with Gasteiger partial charge in [0.2, 0.25) is 0 Å². The number of nitro benzene ring substituents is 1. The normalized spacial score (nSPS) is 20.7. The number of non-ortho nitro benzene ring substituents is 1. The number of nitro groups is 1. The van der Waals surface area contributed by atoms with Crippen molar-refractivity contribution in [3.63, 3.8) is 0 Å². The van der Waals surface area contributed by atoms with Crippen LogP contribution in [0.4, 0.5) is 11.4 Å². The Bertz CT molecular complexity index is 1890. The zero-order valence-electron chi connectivity index (χ0n) is 23.8. The maximum atomic E-state index is 14.8. The molecule has 0 N–H and O–H groups in total. The minimum atomic E-state index is -1.71. The quantitative estimate of drug-likeness (QED) is 0.118. The third-order valence-corrected chi connectivity index (χ3v) is 9.09. The van der Waals surface area contributed by atoms with Gasteiger partial charge in [-0.3, -0.25) is 24.5 Å². The molecule has 4 aromatic carbocycles. The second-order valence-electron chi connectivity index (χ2n) is 11.1. The van der Waals surface area contributed by atoms with Crippen LogP contribution in [-0.2, 0) is 0 Å². The lowest BCUT2D eigenvalue weighted by molar-refractivity contribution is -0.384. The number of Topliss-reactive ketones (excluding diaryl/α,β-unsaturated/α-hetero) is 3. The zero-order chi connectivity index (χ0) is 30.7. The third kappa shape index (κ3) is 3.62. The number of benzene rings is 4. The number of para-hydroxylation sites is 1.